The molecule has 2 aromatic rings. The van der Waals surface area contributed by atoms with Gasteiger partial charge in [0.1, 0.15) is 21.0 Å². The fourth-order valence-electron chi connectivity index (χ4n) is 2.35. The van der Waals surface area contributed by atoms with Gasteiger partial charge < -0.3 is 15.0 Å². The van der Waals surface area contributed by atoms with Gasteiger partial charge >= 0.3 is 0 Å². The number of carbonyl (C=O) groups excluding carboxylic acids is 1. The molecule has 6 nitrogen and oxygen atoms in total. The molecule has 0 unspecified atom stereocenters. The van der Waals surface area contributed by atoms with E-state index in [1.165, 1.54) is 11.3 Å². The molecule has 0 aliphatic carbocycles. The van der Waals surface area contributed by atoms with Crippen LogP contribution in [0.2, 0.25) is 10.3 Å². The molecule has 1 aliphatic heterocycles. The van der Waals surface area contributed by atoms with Crippen LogP contribution in [0, 0.1) is 0 Å². The lowest BCUT2D eigenvalue weighted by atomic mass is 10.3. The van der Waals surface area contributed by atoms with Crippen molar-refractivity contribution in [3.63, 3.8) is 0 Å². The van der Waals surface area contributed by atoms with Gasteiger partial charge in [-0.25, -0.2) is 9.97 Å². The van der Waals surface area contributed by atoms with Crippen LogP contribution in [0.15, 0.2) is 17.5 Å². The number of carbonyl (C=O) groups is 1. The number of aromatic nitrogens is 2. The maximum Gasteiger partial charge on any atom is 0.273 e. The zero-order valence-corrected chi connectivity index (χ0v) is 15.1. The fraction of sp³-hybridized carbons (Fsp3) is 0.400. The minimum Gasteiger partial charge on any atom is -0.378 e. The van der Waals surface area contributed by atoms with Crippen molar-refractivity contribution in [1.29, 1.82) is 0 Å². The molecule has 0 spiro atoms. The van der Waals surface area contributed by atoms with Crippen molar-refractivity contribution >= 4 is 40.4 Å². The van der Waals surface area contributed by atoms with E-state index in [9.17, 15) is 4.79 Å². The highest BCUT2D eigenvalue weighted by Crippen LogP contribution is 2.16. The van der Waals surface area contributed by atoms with Gasteiger partial charge in [0.15, 0.2) is 0 Å². The van der Waals surface area contributed by atoms with E-state index in [4.69, 9.17) is 27.9 Å². The number of morpholine rings is 1. The second-order valence-electron chi connectivity index (χ2n) is 5.26. The van der Waals surface area contributed by atoms with Gasteiger partial charge in [-0.1, -0.05) is 23.2 Å². The molecule has 3 rings (SSSR count). The van der Waals surface area contributed by atoms with Crippen molar-refractivity contribution in [1.82, 2.24) is 20.2 Å². The third-order valence-corrected chi connectivity index (χ3v) is 4.73. The number of halogens is 2. The molecule has 1 fully saturated rings. The Morgan fingerprint density at radius 1 is 1.21 bits per heavy atom. The molecule has 2 aromatic heterocycles. The first-order chi connectivity index (χ1) is 11.6. The van der Waals surface area contributed by atoms with E-state index in [1.807, 2.05) is 0 Å². The lowest BCUT2D eigenvalue weighted by molar-refractivity contribution is 0.0299. The molecular weight excluding hydrogens is 371 g/mol. The number of hydrogen-bond acceptors (Lipinski definition) is 6. The number of amides is 1. The number of hydrogen-bond donors (Lipinski definition) is 1. The van der Waals surface area contributed by atoms with Gasteiger partial charge in [0.2, 0.25) is 0 Å². The first kappa shape index (κ1) is 17.6. The number of rotatable bonds is 5. The Bertz CT molecular complexity index is 699. The molecular formula is C15H16Cl2N4O2S. The Morgan fingerprint density at radius 2 is 1.92 bits per heavy atom. The number of thiazole rings is 1. The van der Waals surface area contributed by atoms with E-state index in [0.717, 1.165) is 10.6 Å². The van der Waals surface area contributed by atoms with Crippen LogP contribution in [0.1, 0.15) is 21.1 Å². The smallest absolute Gasteiger partial charge is 0.273 e. The number of nitrogens with one attached hydrogen (secondary N) is 1. The van der Waals surface area contributed by atoms with Crippen LogP contribution < -0.4 is 5.32 Å². The molecule has 0 radical (unpaired) electrons. The van der Waals surface area contributed by atoms with E-state index >= 15 is 0 Å². The fourth-order valence-corrected chi connectivity index (χ4v) is 3.59. The largest absolute Gasteiger partial charge is 0.378 e. The van der Waals surface area contributed by atoms with Gasteiger partial charge in [-0.2, -0.15) is 0 Å². The predicted octanol–water partition coefficient (Wildman–Crippen LogP) is 2.61. The zero-order valence-electron chi connectivity index (χ0n) is 12.8. The van der Waals surface area contributed by atoms with E-state index in [1.54, 1.807) is 22.4 Å². The molecule has 1 saturated heterocycles. The van der Waals surface area contributed by atoms with Crippen LogP contribution in [0.4, 0.5) is 0 Å². The number of ether oxygens (including phenoxy) is 1. The quantitative estimate of drug-likeness (QED) is 0.799. The second-order valence-corrected chi connectivity index (χ2v) is 6.97. The molecule has 1 aliphatic rings. The van der Waals surface area contributed by atoms with E-state index in [-0.39, 0.29) is 5.91 Å². The summed E-state index contributed by atoms with van der Waals surface area (Å²) in [7, 11) is 0. The molecule has 1 amide bonds. The Balaban J connectivity index is 1.53. The lowest BCUT2D eigenvalue weighted by Gasteiger charge is -2.25. The summed E-state index contributed by atoms with van der Waals surface area (Å²) in [4.78, 5) is 22.4. The Kier molecular flexibility index (Phi) is 6.02. The Hall–Kier alpha value is -1.25. The van der Waals surface area contributed by atoms with Crippen LogP contribution in [0.5, 0.6) is 0 Å². The van der Waals surface area contributed by atoms with Crippen LogP contribution in [-0.2, 0) is 17.8 Å². The summed E-state index contributed by atoms with van der Waals surface area (Å²) in [5.41, 5.74) is 1.44. The minimum atomic E-state index is -0.0338. The summed E-state index contributed by atoms with van der Waals surface area (Å²) in [6.07, 6.45) is 0. The Morgan fingerprint density at radius 3 is 2.62 bits per heavy atom. The van der Waals surface area contributed by atoms with E-state index < -0.39 is 0 Å². The summed E-state index contributed by atoms with van der Waals surface area (Å²) in [5, 5.41) is 6.66. The molecule has 0 bridgehead atoms. The average molecular weight is 387 g/mol. The monoisotopic (exact) mass is 386 g/mol. The van der Waals surface area contributed by atoms with E-state index in [0.29, 0.717) is 55.4 Å². The number of nitrogens with zero attached hydrogens (tertiary/aromatic N) is 3. The van der Waals surface area contributed by atoms with Crippen molar-refractivity contribution in [2.75, 3.05) is 26.3 Å². The summed E-state index contributed by atoms with van der Waals surface area (Å²) in [6, 6.07) is 3.52. The second kappa shape index (κ2) is 8.22. The molecule has 9 heteroatoms. The maximum absolute atomic E-state index is 12.3. The van der Waals surface area contributed by atoms with Crippen molar-refractivity contribution in [3.05, 3.63) is 44.1 Å². The van der Waals surface area contributed by atoms with Gasteiger partial charge in [0, 0.05) is 31.6 Å². The lowest BCUT2D eigenvalue weighted by Crippen LogP contribution is -2.40. The van der Waals surface area contributed by atoms with Crippen molar-refractivity contribution in [3.8, 4) is 0 Å². The van der Waals surface area contributed by atoms with Gasteiger partial charge in [0.05, 0.1) is 13.2 Å². The predicted molar refractivity (Wildman–Crippen MR) is 93.6 cm³/mol. The standard InChI is InChI=1S/C15H16Cl2N4O2S/c16-12-5-10(6-13(17)20-12)7-18-8-14-19-11(9-24-14)15(22)21-1-3-23-4-2-21/h5-6,9,18H,1-4,7-8H2. The molecule has 3 heterocycles. The Labute approximate surface area is 153 Å². The maximum atomic E-state index is 12.3. The summed E-state index contributed by atoms with van der Waals surface area (Å²) >= 11 is 13.2. The highest BCUT2D eigenvalue weighted by atomic mass is 35.5. The third-order valence-electron chi connectivity index (χ3n) is 3.50. The van der Waals surface area contributed by atoms with E-state index in [2.05, 4.69) is 15.3 Å². The molecule has 24 heavy (non-hydrogen) atoms. The van der Waals surface area contributed by atoms with Crippen LogP contribution in [0.25, 0.3) is 0 Å². The highest BCUT2D eigenvalue weighted by Gasteiger charge is 2.20. The zero-order chi connectivity index (χ0) is 16.9. The van der Waals surface area contributed by atoms with Gasteiger partial charge in [0.25, 0.3) is 5.91 Å². The normalized spacial score (nSPS) is 14.8. The van der Waals surface area contributed by atoms with Gasteiger partial charge in [-0.05, 0) is 17.7 Å². The van der Waals surface area contributed by atoms with Crippen molar-refractivity contribution in [2.45, 2.75) is 13.1 Å². The van der Waals surface area contributed by atoms with Crippen LogP contribution in [-0.4, -0.2) is 47.1 Å². The van der Waals surface area contributed by atoms with Crippen LogP contribution in [0.3, 0.4) is 0 Å². The molecule has 128 valence electrons. The van der Waals surface area contributed by atoms with Gasteiger partial charge in [-0.15, -0.1) is 11.3 Å². The molecule has 0 aromatic carbocycles. The van der Waals surface area contributed by atoms with Crippen molar-refractivity contribution in [2.24, 2.45) is 0 Å². The molecule has 1 N–H and O–H groups in total. The first-order valence-corrected chi connectivity index (χ1v) is 9.09. The third kappa shape index (κ3) is 4.64. The molecule has 0 atom stereocenters. The topological polar surface area (TPSA) is 67.4 Å². The summed E-state index contributed by atoms with van der Waals surface area (Å²) in [5.74, 6) is -0.0338. The number of pyridine rings is 1. The summed E-state index contributed by atoms with van der Waals surface area (Å²) in [6.45, 7) is 3.57. The highest BCUT2D eigenvalue weighted by molar-refractivity contribution is 7.09. The summed E-state index contributed by atoms with van der Waals surface area (Å²) < 4.78 is 5.26. The van der Waals surface area contributed by atoms with Gasteiger partial charge in [-0.3, -0.25) is 4.79 Å². The van der Waals surface area contributed by atoms with Crippen molar-refractivity contribution < 1.29 is 9.53 Å². The molecule has 0 saturated carbocycles. The average Bonchev–Trinajstić information content (AvgIpc) is 3.03. The SMILES string of the molecule is O=C(c1csc(CNCc2cc(Cl)nc(Cl)c2)n1)N1CCOCC1. The minimum absolute atomic E-state index is 0.0338. The first-order valence-electron chi connectivity index (χ1n) is 7.46. The van der Waals surface area contributed by atoms with Crippen LogP contribution >= 0.6 is 34.5 Å².